The number of ether oxygens (including phenoxy) is 1. The van der Waals surface area contributed by atoms with Crippen LogP contribution in [0.15, 0.2) is 42.5 Å². The number of halogens is 1. The molecule has 0 bridgehead atoms. The number of methoxy groups -OCH3 is 1. The molecule has 0 amide bonds. The molecule has 0 saturated heterocycles. The summed E-state index contributed by atoms with van der Waals surface area (Å²) in [6.07, 6.45) is 0.355. The third-order valence-electron chi connectivity index (χ3n) is 3.40. The average Bonchev–Trinajstić information content (AvgIpc) is 2.46. The molecule has 6 heteroatoms. The lowest BCUT2D eigenvalue weighted by atomic mass is 10.1. The molecule has 1 N–H and O–H groups in total. The highest BCUT2D eigenvalue weighted by molar-refractivity contribution is 7.88. The maximum atomic E-state index is 13.3. The van der Waals surface area contributed by atoms with E-state index in [0.717, 1.165) is 11.1 Å². The van der Waals surface area contributed by atoms with Gasteiger partial charge in [0.25, 0.3) is 0 Å². The van der Waals surface area contributed by atoms with E-state index in [9.17, 15) is 12.8 Å². The van der Waals surface area contributed by atoms with E-state index in [1.54, 1.807) is 6.07 Å². The van der Waals surface area contributed by atoms with E-state index in [1.807, 2.05) is 25.1 Å². The van der Waals surface area contributed by atoms with Crippen LogP contribution in [0.1, 0.15) is 16.7 Å². The van der Waals surface area contributed by atoms with Crippen molar-refractivity contribution < 1.29 is 17.5 Å². The highest BCUT2D eigenvalue weighted by atomic mass is 32.2. The summed E-state index contributed by atoms with van der Waals surface area (Å²) < 4.78 is 45.2. The molecule has 0 radical (unpaired) electrons. The van der Waals surface area contributed by atoms with Gasteiger partial charge in [-0.25, -0.2) is 17.5 Å². The van der Waals surface area contributed by atoms with E-state index >= 15 is 0 Å². The Bertz CT molecular complexity index is 775. The maximum Gasteiger partial charge on any atom is 0.215 e. The molecule has 0 fully saturated rings. The Morgan fingerprint density at radius 3 is 2.65 bits per heavy atom. The fraction of sp³-hybridized carbons (Fsp3) is 0.294. The molecular weight excluding hydrogens is 317 g/mol. The van der Waals surface area contributed by atoms with Gasteiger partial charge in [0.2, 0.25) is 10.0 Å². The first-order chi connectivity index (χ1) is 10.9. The standard InChI is InChI=1S/C17H20FNO3S/c1-13-4-3-5-14(10-13)12-23(20,21)19-9-8-15-11-16(18)6-7-17(15)22-2/h3-7,10-11,19H,8-9,12H2,1-2H3. The van der Waals surface area contributed by atoms with Gasteiger partial charge in [-0.1, -0.05) is 29.8 Å². The van der Waals surface area contributed by atoms with Crippen LogP contribution in [0.5, 0.6) is 5.75 Å². The largest absolute Gasteiger partial charge is 0.496 e. The number of rotatable bonds is 7. The molecule has 0 saturated carbocycles. The molecule has 23 heavy (non-hydrogen) atoms. The van der Waals surface area contributed by atoms with Crippen LogP contribution in [0.25, 0.3) is 0 Å². The topological polar surface area (TPSA) is 55.4 Å². The minimum atomic E-state index is -3.44. The molecule has 2 aromatic carbocycles. The predicted molar refractivity (Wildman–Crippen MR) is 88.5 cm³/mol. The summed E-state index contributed by atoms with van der Waals surface area (Å²) in [5.74, 6) is 0.0994. The van der Waals surface area contributed by atoms with Gasteiger partial charge < -0.3 is 4.74 Å². The number of nitrogens with one attached hydrogen (secondary N) is 1. The quantitative estimate of drug-likeness (QED) is 0.845. The van der Waals surface area contributed by atoms with Crippen molar-refractivity contribution in [3.8, 4) is 5.75 Å². The molecule has 0 unspecified atom stereocenters. The van der Waals surface area contributed by atoms with Gasteiger partial charge in [-0.15, -0.1) is 0 Å². The molecular formula is C17H20FNO3S. The van der Waals surface area contributed by atoms with Crippen LogP contribution in [-0.4, -0.2) is 22.1 Å². The first kappa shape index (κ1) is 17.4. The highest BCUT2D eigenvalue weighted by Crippen LogP contribution is 2.19. The lowest BCUT2D eigenvalue weighted by molar-refractivity contribution is 0.408. The maximum absolute atomic E-state index is 13.3. The monoisotopic (exact) mass is 337 g/mol. The van der Waals surface area contributed by atoms with Crippen molar-refractivity contribution in [2.45, 2.75) is 19.1 Å². The van der Waals surface area contributed by atoms with Crippen LogP contribution >= 0.6 is 0 Å². The van der Waals surface area contributed by atoms with Crippen molar-refractivity contribution in [1.29, 1.82) is 0 Å². The van der Waals surface area contributed by atoms with E-state index in [0.29, 0.717) is 17.7 Å². The fourth-order valence-electron chi connectivity index (χ4n) is 2.36. The van der Waals surface area contributed by atoms with Crippen molar-refractivity contribution in [3.63, 3.8) is 0 Å². The van der Waals surface area contributed by atoms with Gasteiger partial charge in [0.1, 0.15) is 11.6 Å². The van der Waals surface area contributed by atoms with Crippen molar-refractivity contribution >= 4 is 10.0 Å². The predicted octanol–water partition coefficient (Wildman–Crippen LogP) is 2.80. The van der Waals surface area contributed by atoms with Crippen LogP contribution in [-0.2, 0) is 22.2 Å². The molecule has 124 valence electrons. The van der Waals surface area contributed by atoms with Gasteiger partial charge in [0, 0.05) is 6.54 Å². The molecule has 0 aromatic heterocycles. The first-order valence-electron chi connectivity index (χ1n) is 7.25. The van der Waals surface area contributed by atoms with Crippen LogP contribution < -0.4 is 9.46 Å². The van der Waals surface area contributed by atoms with Crippen LogP contribution in [0.3, 0.4) is 0 Å². The third-order valence-corrected chi connectivity index (χ3v) is 4.76. The second-order valence-corrected chi connectivity index (χ2v) is 7.16. The summed E-state index contributed by atoms with van der Waals surface area (Å²) in [4.78, 5) is 0. The molecule has 0 spiro atoms. The second-order valence-electron chi connectivity index (χ2n) is 5.35. The average molecular weight is 337 g/mol. The van der Waals surface area contributed by atoms with Crippen molar-refractivity contribution in [3.05, 3.63) is 65.0 Å². The molecule has 0 aliphatic rings. The zero-order chi connectivity index (χ0) is 16.9. The van der Waals surface area contributed by atoms with Gasteiger partial charge in [0.05, 0.1) is 12.9 Å². The minimum absolute atomic E-state index is 0.0744. The third kappa shape index (κ3) is 5.33. The first-order valence-corrected chi connectivity index (χ1v) is 8.90. The summed E-state index contributed by atoms with van der Waals surface area (Å²) in [5.41, 5.74) is 2.38. The highest BCUT2D eigenvalue weighted by Gasteiger charge is 2.12. The van der Waals surface area contributed by atoms with E-state index in [4.69, 9.17) is 4.74 Å². The molecule has 0 aliphatic heterocycles. The van der Waals surface area contributed by atoms with Gasteiger partial charge in [-0.3, -0.25) is 0 Å². The van der Waals surface area contributed by atoms with E-state index < -0.39 is 10.0 Å². The zero-order valence-electron chi connectivity index (χ0n) is 13.2. The second kappa shape index (κ2) is 7.57. The fourth-order valence-corrected chi connectivity index (χ4v) is 3.49. The lowest BCUT2D eigenvalue weighted by Gasteiger charge is -2.10. The summed E-state index contributed by atoms with van der Waals surface area (Å²) in [5, 5.41) is 0. The van der Waals surface area contributed by atoms with Crippen molar-refractivity contribution in [1.82, 2.24) is 4.72 Å². The minimum Gasteiger partial charge on any atom is -0.496 e. The Labute approximate surface area is 136 Å². The Hall–Kier alpha value is -1.92. The van der Waals surface area contributed by atoms with Crippen LogP contribution in [0.4, 0.5) is 4.39 Å². The van der Waals surface area contributed by atoms with Gasteiger partial charge in [-0.05, 0) is 42.7 Å². The van der Waals surface area contributed by atoms with Crippen LogP contribution in [0, 0.1) is 12.7 Å². The van der Waals surface area contributed by atoms with Gasteiger partial charge in [0.15, 0.2) is 0 Å². The molecule has 2 rings (SSSR count). The Balaban J connectivity index is 1.96. The molecule has 2 aromatic rings. The Kier molecular flexibility index (Phi) is 5.74. The smallest absolute Gasteiger partial charge is 0.215 e. The number of hydrogen-bond donors (Lipinski definition) is 1. The van der Waals surface area contributed by atoms with Crippen LogP contribution in [0.2, 0.25) is 0 Å². The Morgan fingerprint density at radius 2 is 1.96 bits per heavy atom. The van der Waals surface area contributed by atoms with Crippen molar-refractivity contribution in [2.24, 2.45) is 0 Å². The van der Waals surface area contributed by atoms with Gasteiger partial charge in [-0.2, -0.15) is 0 Å². The molecule has 0 atom stereocenters. The lowest BCUT2D eigenvalue weighted by Crippen LogP contribution is -2.27. The normalized spacial score (nSPS) is 11.4. The number of sulfonamides is 1. The van der Waals surface area contributed by atoms with Gasteiger partial charge >= 0.3 is 0 Å². The summed E-state index contributed by atoms with van der Waals surface area (Å²) in [6, 6.07) is 11.6. The Morgan fingerprint density at radius 1 is 1.17 bits per heavy atom. The van der Waals surface area contributed by atoms with E-state index in [2.05, 4.69) is 4.72 Å². The molecule has 0 aliphatic carbocycles. The number of hydrogen-bond acceptors (Lipinski definition) is 3. The zero-order valence-corrected chi connectivity index (χ0v) is 14.0. The summed E-state index contributed by atoms with van der Waals surface area (Å²) in [6.45, 7) is 2.10. The number of aryl methyl sites for hydroxylation is 1. The van der Waals surface area contributed by atoms with E-state index in [-0.39, 0.29) is 18.1 Å². The SMILES string of the molecule is COc1ccc(F)cc1CCNS(=O)(=O)Cc1cccc(C)c1. The summed E-state index contributed by atoms with van der Waals surface area (Å²) >= 11 is 0. The molecule has 4 nitrogen and oxygen atoms in total. The summed E-state index contributed by atoms with van der Waals surface area (Å²) in [7, 11) is -1.94. The number of benzene rings is 2. The van der Waals surface area contributed by atoms with E-state index in [1.165, 1.54) is 25.3 Å². The van der Waals surface area contributed by atoms with Crippen molar-refractivity contribution in [2.75, 3.05) is 13.7 Å². The molecule has 0 heterocycles.